The summed E-state index contributed by atoms with van der Waals surface area (Å²) in [6, 6.07) is 14.4. The van der Waals surface area contributed by atoms with Crippen LogP contribution in [0.1, 0.15) is 37.8 Å². The summed E-state index contributed by atoms with van der Waals surface area (Å²) in [5, 5.41) is 19.2. The van der Waals surface area contributed by atoms with Gasteiger partial charge in [-0.2, -0.15) is 0 Å². The van der Waals surface area contributed by atoms with Gasteiger partial charge in [-0.3, -0.25) is 14.3 Å². The van der Waals surface area contributed by atoms with E-state index in [9.17, 15) is 24.6 Å². The molecule has 9 nitrogen and oxygen atoms in total. The fraction of sp³-hybridized carbons (Fsp3) is 0.192. The quantitative estimate of drug-likeness (QED) is 0.326. The molecule has 4 aromatic rings. The summed E-state index contributed by atoms with van der Waals surface area (Å²) >= 11 is 0. The number of Topliss-reactive ketones (excluding diaryl/α,β-unsaturated/α-hetero) is 1. The van der Waals surface area contributed by atoms with Gasteiger partial charge in [0.25, 0.3) is 5.56 Å². The number of hydrogen-bond acceptors (Lipinski definition) is 6. The Balaban J connectivity index is 1.65. The van der Waals surface area contributed by atoms with Gasteiger partial charge in [-0.05, 0) is 51.1 Å². The Morgan fingerprint density at radius 3 is 2.26 bits per heavy atom. The number of hydrogen-bond donors (Lipinski definition) is 2. The van der Waals surface area contributed by atoms with Gasteiger partial charge < -0.3 is 19.5 Å². The summed E-state index contributed by atoms with van der Waals surface area (Å²) in [6.07, 6.45) is 0. The van der Waals surface area contributed by atoms with E-state index in [1.807, 2.05) is 37.3 Å². The van der Waals surface area contributed by atoms with Crippen LogP contribution in [0, 0.1) is 20.8 Å². The minimum atomic E-state index is -0.894. The van der Waals surface area contributed by atoms with Crippen molar-refractivity contribution < 1.29 is 24.5 Å². The maximum atomic E-state index is 13.4. The third-order valence-corrected chi connectivity index (χ3v) is 6.01. The fourth-order valence-electron chi connectivity index (χ4n) is 4.18. The lowest BCUT2D eigenvalue weighted by Crippen LogP contribution is -2.22. The molecule has 0 saturated heterocycles. The molecule has 35 heavy (non-hydrogen) atoms. The van der Waals surface area contributed by atoms with Crippen LogP contribution in [0.4, 0.5) is 0 Å². The number of nitrogens with zero attached hydrogens (tertiary/aromatic N) is 3. The van der Waals surface area contributed by atoms with Crippen LogP contribution in [-0.2, 0) is 11.8 Å². The molecular weight excluding hydrogens is 450 g/mol. The Hall–Kier alpha value is -4.53. The monoisotopic (exact) mass is 475 g/mol. The SMILES string of the molecule is Cc1cc(C(=O)COC(=O)c2ccc(O)cc2O)c(C)n1-c1c(C)n(C)n(-c2ccccc2)c1=O. The van der Waals surface area contributed by atoms with E-state index in [1.165, 1.54) is 12.1 Å². The number of benzene rings is 2. The van der Waals surface area contributed by atoms with Crippen LogP contribution in [0.15, 0.2) is 59.4 Å². The second-order valence-corrected chi connectivity index (χ2v) is 8.23. The van der Waals surface area contributed by atoms with Gasteiger partial charge in [0.1, 0.15) is 22.7 Å². The second kappa shape index (κ2) is 9.02. The van der Waals surface area contributed by atoms with E-state index >= 15 is 0 Å². The zero-order valence-electron chi connectivity index (χ0n) is 19.8. The van der Waals surface area contributed by atoms with Gasteiger partial charge in [0, 0.05) is 30.1 Å². The standard InChI is InChI=1S/C26H25N3O6/c1-15-12-21(23(32)14-35-26(34)20-11-10-19(30)13-22(20)31)16(2)28(15)24-17(3)27(4)29(25(24)33)18-8-6-5-7-9-18/h5-13,30-31H,14H2,1-4H3. The molecule has 2 aromatic heterocycles. The molecule has 2 aromatic carbocycles. The average Bonchev–Trinajstić information content (AvgIpc) is 3.23. The number of aromatic hydroxyl groups is 2. The first kappa shape index (κ1) is 23.6. The summed E-state index contributed by atoms with van der Waals surface area (Å²) in [4.78, 5) is 38.7. The third kappa shape index (κ3) is 4.12. The van der Waals surface area contributed by atoms with E-state index in [2.05, 4.69) is 0 Å². The number of esters is 1. The number of ketones is 1. The predicted molar refractivity (Wildman–Crippen MR) is 129 cm³/mol. The highest BCUT2D eigenvalue weighted by molar-refractivity contribution is 6.01. The maximum absolute atomic E-state index is 13.4. The van der Waals surface area contributed by atoms with Crippen molar-refractivity contribution in [3.63, 3.8) is 0 Å². The summed E-state index contributed by atoms with van der Waals surface area (Å²) in [5.74, 6) is -2.00. The van der Waals surface area contributed by atoms with Gasteiger partial charge in [0.05, 0.1) is 11.4 Å². The molecule has 9 heteroatoms. The van der Waals surface area contributed by atoms with E-state index in [0.717, 1.165) is 11.8 Å². The maximum Gasteiger partial charge on any atom is 0.342 e. The van der Waals surface area contributed by atoms with Gasteiger partial charge in [-0.1, -0.05) is 18.2 Å². The van der Waals surface area contributed by atoms with Gasteiger partial charge >= 0.3 is 5.97 Å². The van der Waals surface area contributed by atoms with Gasteiger partial charge in [0.2, 0.25) is 5.78 Å². The molecule has 180 valence electrons. The van der Waals surface area contributed by atoms with Gasteiger partial charge in [0.15, 0.2) is 6.61 Å². The lowest BCUT2D eigenvalue weighted by Gasteiger charge is -2.09. The minimum absolute atomic E-state index is 0.164. The van der Waals surface area contributed by atoms with Crippen molar-refractivity contribution in [1.29, 1.82) is 0 Å². The number of phenols is 2. The van der Waals surface area contributed by atoms with Crippen molar-refractivity contribution in [2.75, 3.05) is 6.61 Å². The molecule has 0 saturated carbocycles. The van der Waals surface area contributed by atoms with Crippen LogP contribution in [0.25, 0.3) is 11.4 Å². The molecule has 0 spiro atoms. The van der Waals surface area contributed by atoms with Crippen molar-refractivity contribution in [1.82, 2.24) is 13.9 Å². The Labute approximate surface area is 201 Å². The van der Waals surface area contributed by atoms with Crippen LogP contribution in [0.5, 0.6) is 11.5 Å². The molecular formula is C26H25N3O6. The normalized spacial score (nSPS) is 11.0. The van der Waals surface area contributed by atoms with Crippen molar-refractivity contribution >= 4 is 11.8 Å². The Bertz CT molecular complexity index is 1510. The van der Waals surface area contributed by atoms with Crippen LogP contribution >= 0.6 is 0 Å². The minimum Gasteiger partial charge on any atom is -0.508 e. The smallest absolute Gasteiger partial charge is 0.342 e. The molecule has 2 heterocycles. The zero-order chi connectivity index (χ0) is 25.4. The highest BCUT2D eigenvalue weighted by Gasteiger charge is 2.24. The van der Waals surface area contributed by atoms with Crippen molar-refractivity contribution in [2.24, 2.45) is 7.05 Å². The van der Waals surface area contributed by atoms with Crippen LogP contribution < -0.4 is 5.56 Å². The fourth-order valence-corrected chi connectivity index (χ4v) is 4.18. The highest BCUT2D eigenvalue weighted by atomic mass is 16.5. The molecule has 0 fully saturated rings. The molecule has 2 N–H and O–H groups in total. The van der Waals surface area contributed by atoms with Crippen LogP contribution in [0.3, 0.4) is 0 Å². The van der Waals surface area contributed by atoms with Gasteiger partial charge in [-0.25, -0.2) is 9.48 Å². The molecule has 0 bridgehead atoms. The Morgan fingerprint density at radius 2 is 1.60 bits per heavy atom. The summed E-state index contributed by atoms with van der Waals surface area (Å²) in [6.45, 7) is 4.81. The summed E-state index contributed by atoms with van der Waals surface area (Å²) < 4.78 is 10.2. The van der Waals surface area contributed by atoms with E-state index in [-0.39, 0.29) is 16.9 Å². The zero-order valence-corrected chi connectivity index (χ0v) is 19.8. The van der Waals surface area contributed by atoms with Crippen molar-refractivity contribution in [3.8, 4) is 22.9 Å². The Kier molecular flexibility index (Phi) is 6.09. The first-order chi connectivity index (χ1) is 16.6. The average molecular weight is 476 g/mol. The summed E-state index contributed by atoms with van der Waals surface area (Å²) in [7, 11) is 1.80. The van der Waals surface area contributed by atoms with E-state index in [4.69, 9.17) is 4.74 Å². The predicted octanol–water partition coefficient (Wildman–Crippen LogP) is 3.34. The van der Waals surface area contributed by atoms with E-state index in [1.54, 1.807) is 40.9 Å². The van der Waals surface area contributed by atoms with Crippen molar-refractivity contribution in [2.45, 2.75) is 20.8 Å². The number of rotatable bonds is 6. The highest BCUT2D eigenvalue weighted by Crippen LogP contribution is 2.25. The third-order valence-electron chi connectivity index (χ3n) is 6.01. The first-order valence-electron chi connectivity index (χ1n) is 10.9. The number of phenolic OH excluding ortho intramolecular Hbond substituents is 2. The van der Waals surface area contributed by atoms with E-state index < -0.39 is 24.1 Å². The molecule has 0 aliphatic carbocycles. The van der Waals surface area contributed by atoms with Crippen molar-refractivity contribution in [3.05, 3.63) is 93.2 Å². The number of carbonyl (C=O) groups is 2. The number of ether oxygens (including phenoxy) is 1. The van der Waals surface area contributed by atoms with E-state index in [0.29, 0.717) is 28.3 Å². The molecule has 0 atom stereocenters. The largest absolute Gasteiger partial charge is 0.508 e. The molecule has 0 aliphatic heterocycles. The summed E-state index contributed by atoms with van der Waals surface area (Å²) in [5.41, 5.74) is 3.01. The van der Waals surface area contributed by atoms with Crippen LogP contribution in [0.2, 0.25) is 0 Å². The second-order valence-electron chi connectivity index (χ2n) is 8.23. The first-order valence-corrected chi connectivity index (χ1v) is 10.9. The molecule has 0 aliphatic rings. The Morgan fingerprint density at radius 1 is 0.914 bits per heavy atom. The number of carbonyl (C=O) groups excluding carboxylic acids is 2. The number of aryl methyl sites for hydroxylation is 1. The molecule has 0 radical (unpaired) electrons. The number of aromatic nitrogens is 3. The molecule has 0 amide bonds. The number of para-hydroxylation sites is 1. The van der Waals surface area contributed by atoms with Gasteiger partial charge in [-0.15, -0.1) is 0 Å². The lowest BCUT2D eigenvalue weighted by atomic mass is 10.1. The molecule has 0 unspecified atom stereocenters. The van der Waals surface area contributed by atoms with Crippen LogP contribution in [-0.4, -0.2) is 42.5 Å². The topological polar surface area (TPSA) is 116 Å². The lowest BCUT2D eigenvalue weighted by molar-refractivity contribution is 0.0471. The molecule has 4 rings (SSSR count).